The third-order valence-electron chi connectivity index (χ3n) is 18.5. The van der Waals surface area contributed by atoms with Crippen molar-refractivity contribution in [1.29, 1.82) is 0 Å². The molecule has 0 bridgehead atoms. The lowest BCUT2D eigenvalue weighted by Crippen LogP contribution is -2.71. The number of carbonyl (C=O) groups is 4. The van der Waals surface area contributed by atoms with Gasteiger partial charge in [0.1, 0.15) is 195 Å². The fourth-order valence-corrected chi connectivity index (χ4v) is 13.4. The van der Waals surface area contributed by atoms with Gasteiger partial charge in [-0.3, -0.25) is 23.7 Å². The molecule has 0 saturated carbocycles. The minimum absolute atomic E-state index is 0.788. The molecule has 0 aromatic rings. The number of hydrogen-bond donors (Lipinski definition) is 26. The zero-order valence-electron chi connectivity index (χ0n) is 56.0. The highest BCUT2D eigenvalue weighted by atomic mass is 32.3. The largest absolute Gasteiger partial charge is 0.397 e. The fraction of sp³-hybridized carbons (Fsp3) is 0.929. The predicted molar refractivity (Wildman–Crippen MR) is 321 cm³/mol. The molecule has 8 aliphatic rings. The average molecular weight is 1560 g/mol. The van der Waals surface area contributed by atoms with Crippen LogP contribution in [0.3, 0.4) is 0 Å². The summed E-state index contributed by atoms with van der Waals surface area (Å²) < 4.78 is 127. The third-order valence-corrected chi connectivity index (χ3v) is 18.9. The molecule has 0 aromatic heterocycles. The molecule has 8 fully saturated rings. The van der Waals surface area contributed by atoms with Crippen molar-refractivity contribution in [1.82, 2.24) is 21.3 Å². The summed E-state index contributed by atoms with van der Waals surface area (Å²) in [6.45, 7) is -5.28. The minimum Gasteiger partial charge on any atom is -0.394 e. The standard InChI is InChI=1S/C56H94N4O44S/c1-13(67)57-25-35(77)43(21(9-65)91-49(25)85)99-51-27(59-15(3)69)36(78)44(22(10-66)96-51)100-54-42(84)46(33(75)23(97-54)11-89-55-47(39(81)31(73)19(7-63)94-55)103-50-26(58-14(2)68)34(76)29(71)17(5-61)92-50)102-56-48(40(82)32(74)20(8-64)95-56)104-52-28(60-16(4)70)37(79)45(24(98-52)12-90-105(86,87)88)101-53-41(83)38(80)30(72)18(6-62)93-53/h17-56,61-66,71-85H,5-12H2,1-4H3,(H,57,67)(H,58,68)(H,59,69)(H,60,70)(H,86,87,88)/t17-,18-,19-,20-,21-,22-,23-,24-,25-,26-,27-,28-,29-,30+,31-,32-,33-,34-,35-,36-,37-,38+,39+,40+,41-,42+,43-,44-,45-,46+,47+,48+,49-,50+,51+,52+,53+,54+,55+,56-/m1/s1. The normalized spacial score (nSPS) is 47.1. The van der Waals surface area contributed by atoms with E-state index in [1.54, 1.807) is 0 Å². The second-order valence-corrected chi connectivity index (χ2v) is 27.0. The summed E-state index contributed by atoms with van der Waals surface area (Å²) in [5.74, 6) is -3.62. The molecule has 8 aliphatic heterocycles. The summed E-state index contributed by atoms with van der Waals surface area (Å²) in [6.07, 6.45) is -76.6. The highest BCUT2D eigenvalue weighted by Gasteiger charge is 2.60. The van der Waals surface area contributed by atoms with Crippen molar-refractivity contribution in [2.75, 3.05) is 52.9 Å². The number of nitrogens with one attached hydrogen (secondary N) is 4. The van der Waals surface area contributed by atoms with Gasteiger partial charge < -0.3 is 200 Å². The molecule has 4 amide bonds. The van der Waals surface area contributed by atoms with Crippen molar-refractivity contribution in [2.24, 2.45) is 0 Å². The molecular weight excluding hydrogens is 1460 g/mol. The molecule has 49 heteroatoms. The van der Waals surface area contributed by atoms with E-state index in [2.05, 4.69) is 25.5 Å². The summed E-state index contributed by atoms with van der Waals surface area (Å²) in [4.78, 5) is 50.4. The monoisotopic (exact) mass is 1560 g/mol. The molecule has 0 radical (unpaired) electrons. The van der Waals surface area contributed by atoms with Crippen LogP contribution in [-0.2, 0) is 105 Å². The number of hydrogen-bond acceptors (Lipinski definition) is 43. The summed E-state index contributed by atoms with van der Waals surface area (Å²) >= 11 is 0. The Labute approximate surface area is 594 Å². The van der Waals surface area contributed by atoms with Gasteiger partial charge in [-0.25, -0.2) is 4.18 Å². The molecule has 105 heavy (non-hydrogen) atoms. The van der Waals surface area contributed by atoms with Gasteiger partial charge in [-0.15, -0.1) is 0 Å². The summed E-state index contributed by atoms with van der Waals surface area (Å²) in [5.41, 5.74) is 0. The lowest BCUT2D eigenvalue weighted by molar-refractivity contribution is -0.398. The summed E-state index contributed by atoms with van der Waals surface area (Å²) in [5, 5.41) is 242. The first kappa shape index (κ1) is 86.9. The fourth-order valence-electron chi connectivity index (χ4n) is 13.1. The number of aliphatic hydroxyl groups excluding tert-OH is 21. The highest BCUT2D eigenvalue weighted by molar-refractivity contribution is 7.80. The Hall–Kier alpha value is -3.69. The van der Waals surface area contributed by atoms with Gasteiger partial charge in [0, 0.05) is 27.7 Å². The van der Waals surface area contributed by atoms with E-state index in [0.717, 1.165) is 27.7 Å². The maximum atomic E-state index is 13.0. The quantitative estimate of drug-likeness (QED) is 0.0324. The van der Waals surface area contributed by atoms with Crippen molar-refractivity contribution < 1.29 is 215 Å². The Morgan fingerprint density at radius 1 is 0.295 bits per heavy atom. The van der Waals surface area contributed by atoms with Crippen LogP contribution in [0.5, 0.6) is 0 Å². The molecule has 608 valence electrons. The van der Waals surface area contributed by atoms with E-state index >= 15 is 0 Å². The lowest BCUT2D eigenvalue weighted by Gasteiger charge is -2.51. The number of carbonyl (C=O) groups excluding carboxylic acids is 4. The van der Waals surface area contributed by atoms with Crippen LogP contribution < -0.4 is 21.3 Å². The second kappa shape index (κ2) is 37.6. The Morgan fingerprint density at radius 3 is 1.07 bits per heavy atom. The Balaban J connectivity index is 1.16. The second-order valence-electron chi connectivity index (χ2n) is 25.9. The number of aliphatic hydroxyl groups is 21. The zero-order valence-corrected chi connectivity index (χ0v) is 56.8. The predicted octanol–water partition coefficient (Wildman–Crippen LogP) is -18.0. The van der Waals surface area contributed by atoms with Crippen LogP contribution in [0, 0.1) is 0 Å². The van der Waals surface area contributed by atoms with E-state index in [1.165, 1.54) is 0 Å². The number of rotatable bonds is 28. The van der Waals surface area contributed by atoms with Gasteiger partial charge in [-0.1, -0.05) is 0 Å². The first-order valence-corrected chi connectivity index (χ1v) is 34.1. The van der Waals surface area contributed by atoms with Gasteiger partial charge in [-0.05, 0) is 0 Å². The van der Waals surface area contributed by atoms with E-state index in [-0.39, 0.29) is 0 Å². The maximum absolute atomic E-state index is 13.0. The first-order valence-electron chi connectivity index (χ1n) is 32.8. The lowest BCUT2D eigenvalue weighted by atomic mass is 9.93. The van der Waals surface area contributed by atoms with E-state index in [9.17, 15) is 139 Å². The van der Waals surface area contributed by atoms with Crippen LogP contribution >= 0.6 is 0 Å². The third kappa shape index (κ3) is 20.2. The van der Waals surface area contributed by atoms with Crippen molar-refractivity contribution in [3.05, 3.63) is 0 Å². The van der Waals surface area contributed by atoms with Gasteiger partial charge in [0.15, 0.2) is 50.3 Å². The van der Waals surface area contributed by atoms with Crippen LogP contribution in [0.2, 0.25) is 0 Å². The molecule has 48 nitrogen and oxygen atoms in total. The highest BCUT2D eigenvalue weighted by Crippen LogP contribution is 2.39. The molecule has 0 aromatic carbocycles. The molecule has 8 saturated heterocycles. The van der Waals surface area contributed by atoms with Crippen molar-refractivity contribution in [3.63, 3.8) is 0 Å². The van der Waals surface area contributed by atoms with Gasteiger partial charge in [0.25, 0.3) is 0 Å². The molecule has 8 heterocycles. The van der Waals surface area contributed by atoms with Crippen molar-refractivity contribution in [3.8, 4) is 0 Å². The topological polar surface area (TPSA) is 743 Å². The molecule has 40 atom stereocenters. The van der Waals surface area contributed by atoms with E-state index < -0.39 is 332 Å². The molecule has 0 aliphatic carbocycles. The van der Waals surface area contributed by atoms with Gasteiger partial charge >= 0.3 is 10.4 Å². The van der Waals surface area contributed by atoms with E-state index in [0.29, 0.717) is 0 Å². The van der Waals surface area contributed by atoms with E-state index in [1.807, 2.05) is 0 Å². The van der Waals surface area contributed by atoms with Crippen LogP contribution in [0.25, 0.3) is 0 Å². The molecule has 0 unspecified atom stereocenters. The average Bonchev–Trinajstić information content (AvgIpc) is 0.770. The van der Waals surface area contributed by atoms with Gasteiger partial charge in [0.05, 0.1) is 52.9 Å². The summed E-state index contributed by atoms with van der Waals surface area (Å²) in [6, 6.07) is -7.40. The Morgan fingerprint density at radius 2 is 0.610 bits per heavy atom. The minimum atomic E-state index is -5.48. The van der Waals surface area contributed by atoms with Crippen molar-refractivity contribution >= 4 is 34.0 Å². The molecule has 26 N–H and O–H groups in total. The van der Waals surface area contributed by atoms with Crippen LogP contribution in [0.1, 0.15) is 27.7 Å². The smallest absolute Gasteiger partial charge is 0.394 e. The SMILES string of the molecule is CC(=O)N[C@@H]1[C@@H](O)[C@H](O[C@@H]2O[C@H](CO)[C@@H](O[C@@H]3O[C@H](CO[C@H]4O[C@H](CO)[C@@H](O)[C@H](O)[C@@H]4O[C@@H]4O[C@H](CO)[C@@H](O)[C@H](O)[C@H]4NC(C)=O)[C@@H](O)[C@H](O[C@H]4O[C@H](CO)[C@@H](O)[C@H](O)[C@@H]4O[C@@H]4O[C@H](COS(=O)(=O)O)[C@@H](O[C@@H]5O[C@H](CO)[C@H](O)[C@H](O)[C@H]5O)[C@H](O)[C@H]4NC(C)=O)[C@@H]3O)[C@H](O)[C@H]2NC(C)=O)[C@@H](CO)O[C@H]1O. The van der Waals surface area contributed by atoms with Crippen molar-refractivity contribution in [2.45, 2.75) is 273 Å². The molecule has 8 rings (SSSR count). The summed E-state index contributed by atoms with van der Waals surface area (Å²) in [7, 11) is -5.48. The Bertz CT molecular complexity index is 2910. The van der Waals surface area contributed by atoms with Crippen LogP contribution in [0.4, 0.5) is 0 Å². The van der Waals surface area contributed by atoms with Gasteiger partial charge in [-0.2, -0.15) is 8.42 Å². The first-order chi connectivity index (χ1) is 49.4. The number of amides is 4. The van der Waals surface area contributed by atoms with Crippen LogP contribution in [-0.4, -0.2) is 442 Å². The maximum Gasteiger partial charge on any atom is 0.397 e. The van der Waals surface area contributed by atoms with Gasteiger partial charge in [0.2, 0.25) is 23.6 Å². The Kier molecular flexibility index (Phi) is 31.1. The molecule has 0 spiro atoms. The zero-order chi connectivity index (χ0) is 77.7. The number of ether oxygens (including phenoxy) is 15. The van der Waals surface area contributed by atoms with Crippen LogP contribution in [0.15, 0.2) is 0 Å². The molecular formula is C56H94N4O44S. The van der Waals surface area contributed by atoms with E-state index in [4.69, 9.17) is 71.1 Å².